The van der Waals surface area contributed by atoms with Gasteiger partial charge in [-0.25, -0.2) is 8.42 Å². The maximum Gasteiger partial charge on any atom is 0.261 e. The minimum atomic E-state index is -3.82. The quantitative estimate of drug-likeness (QED) is 0.649. The van der Waals surface area contributed by atoms with Gasteiger partial charge in [0.05, 0.1) is 4.90 Å². The summed E-state index contributed by atoms with van der Waals surface area (Å²) in [5.74, 6) is -0.277. The van der Waals surface area contributed by atoms with E-state index in [4.69, 9.17) is 10.7 Å². The summed E-state index contributed by atoms with van der Waals surface area (Å²) < 4.78 is 22.6. The average molecular weight is 304 g/mol. The van der Waals surface area contributed by atoms with Crippen LogP contribution in [0.1, 0.15) is 42.1 Å². The third-order valence-corrected chi connectivity index (χ3v) is 3.99. The summed E-state index contributed by atoms with van der Waals surface area (Å²) in [6.45, 7) is 4.39. The lowest BCUT2D eigenvalue weighted by Crippen LogP contribution is -2.24. The molecule has 0 aliphatic carbocycles. The molecule has 1 amide bonds. The number of halogens is 1. The number of unbranched alkanes of at least 4 members (excludes halogenated alkanes) is 2. The standard InChI is InChI=1S/C13H18ClNO3S/c1-3-4-5-6-15-13(16)11-7-10(2)8-12(9-11)19(14,17)18/h7-9H,3-6H2,1-2H3,(H,15,16). The van der Waals surface area contributed by atoms with Crippen LogP contribution in [0.3, 0.4) is 0 Å². The fourth-order valence-corrected chi connectivity index (χ4v) is 2.56. The molecule has 0 fully saturated rings. The Hall–Kier alpha value is -1.07. The molecule has 0 aliphatic rings. The van der Waals surface area contributed by atoms with Crippen LogP contribution in [0.25, 0.3) is 0 Å². The van der Waals surface area contributed by atoms with E-state index in [0.717, 1.165) is 19.3 Å². The summed E-state index contributed by atoms with van der Waals surface area (Å²) in [6, 6.07) is 4.38. The number of carbonyl (C=O) groups is 1. The predicted molar refractivity (Wildman–Crippen MR) is 76.1 cm³/mol. The van der Waals surface area contributed by atoms with Crippen molar-refractivity contribution in [2.45, 2.75) is 38.0 Å². The minimum Gasteiger partial charge on any atom is -0.352 e. The van der Waals surface area contributed by atoms with Crippen molar-refractivity contribution in [1.29, 1.82) is 0 Å². The normalized spacial score (nSPS) is 11.3. The lowest BCUT2D eigenvalue weighted by atomic mass is 10.1. The van der Waals surface area contributed by atoms with Crippen LogP contribution in [-0.2, 0) is 9.05 Å². The predicted octanol–water partition coefficient (Wildman–Crippen LogP) is 2.84. The number of benzene rings is 1. The van der Waals surface area contributed by atoms with Gasteiger partial charge in [0, 0.05) is 22.8 Å². The number of aryl methyl sites for hydroxylation is 1. The second kappa shape index (κ2) is 6.91. The smallest absolute Gasteiger partial charge is 0.261 e. The first-order valence-corrected chi connectivity index (χ1v) is 8.50. The third kappa shape index (κ3) is 5.20. The Morgan fingerprint density at radius 2 is 1.95 bits per heavy atom. The number of hydrogen-bond donors (Lipinski definition) is 1. The van der Waals surface area contributed by atoms with Crippen molar-refractivity contribution in [3.8, 4) is 0 Å². The van der Waals surface area contributed by atoms with Crippen LogP contribution in [0.5, 0.6) is 0 Å². The largest absolute Gasteiger partial charge is 0.352 e. The third-order valence-electron chi connectivity index (χ3n) is 2.66. The Labute approximate surface area is 118 Å². The molecule has 0 atom stereocenters. The zero-order chi connectivity index (χ0) is 14.5. The Morgan fingerprint density at radius 3 is 2.53 bits per heavy atom. The van der Waals surface area contributed by atoms with Gasteiger partial charge in [0.2, 0.25) is 0 Å². The highest BCUT2D eigenvalue weighted by Crippen LogP contribution is 2.18. The molecule has 0 saturated carbocycles. The van der Waals surface area contributed by atoms with Gasteiger partial charge in [-0.1, -0.05) is 19.8 Å². The van der Waals surface area contributed by atoms with Crippen LogP contribution in [0.15, 0.2) is 23.1 Å². The van der Waals surface area contributed by atoms with E-state index in [9.17, 15) is 13.2 Å². The molecule has 19 heavy (non-hydrogen) atoms. The van der Waals surface area contributed by atoms with E-state index in [-0.39, 0.29) is 10.8 Å². The number of rotatable bonds is 6. The zero-order valence-electron chi connectivity index (χ0n) is 11.1. The Balaban J connectivity index is 2.83. The topological polar surface area (TPSA) is 63.2 Å². The van der Waals surface area contributed by atoms with E-state index in [1.54, 1.807) is 13.0 Å². The summed E-state index contributed by atoms with van der Waals surface area (Å²) in [6.07, 6.45) is 3.04. The van der Waals surface area contributed by atoms with Crippen molar-refractivity contribution < 1.29 is 13.2 Å². The molecule has 0 heterocycles. The molecule has 4 nitrogen and oxygen atoms in total. The van der Waals surface area contributed by atoms with Crippen molar-refractivity contribution in [3.05, 3.63) is 29.3 Å². The lowest BCUT2D eigenvalue weighted by molar-refractivity contribution is 0.0952. The molecule has 1 rings (SSSR count). The Bertz CT molecular complexity index is 555. The maximum absolute atomic E-state index is 11.9. The first-order valence-electron chi connectivity index (χ1n) is 6.19. The van der Waals surface area contributed by atoms with E-state index in [0.29, 0.717) is 17.7 Å². The number of amides is 1. The summed E-state index contributed by atoms with van der Waals surface area (Å²) in [5.41, 5.74) is 0.996. The van der Waals surface area contributed by atoms with Crippen LogP contribution < -0.4 is 5.32 Å². The first-order chi connectivity index (χ1) is 8.84. The van der Waals surface area contributed by atoms with Crippen molar-refractivity contribution in [2.24, 2.45) is 0 Å². The Morgan fingerprint density at radius 1 is 1.26 bits per heavy atom. The van der Waals surface area contributed by atoms with Crippen LogP contribution in [0.4, 0.5) is 0 Å². The molecule has 1 aromatic rings. The fourth-order valence-electron chi connectivity index (χ4n) is 1.70. The van der Waals surface area contributed by atoms with Gasteiger partial charge in [-0.15, -0.1) is 0 Å². The van der Waals surface area contributed by atoms with Gasteiger partial charge in [-0.05, 0) is 37.1 Å². The SMILES string of the molecule is CCCCCNC(=O)c1cc(C)cc(S(=O)(=O)Cl)c1. The average Bonchev–Trinajstić information content (AvgIpc) is 2.32. The summed E-state index contributed by atoms with van der Waals surface area (Å²) in [4.78, 5) is 11.8. The molecule has 0 aromatic heterocycles. The highest BCUT2D eigenvalue weighted by atomic mass is 35.7. The summed E-state index contributed by atoms with van der Waals surface area (Å²) in [5, 5.41) is 2.76. The van der Waals surface area contributed by atoms with E-state index in [1.807, 2.05) is 0 Å². The molecule has 1 N–H and O–H groups in total. The van der Waals surface area contributed by atoms with Gasteiger partial charge in [0.15, 0.2) is 0 Å². The molecule has 106 valence electrons. The number of hydrogen-bond acceptors (Lipinski definition) is 3. The minimum absolute atomic E-state index is 0.0483. The van der Waals surface area contributed by atoms with Gasteiger partial charge in [0.1, 0.15) is 0 Å². The van der Waals surface area contributed by atoms with Crippen LogP contribution >= 0.6 is 10.7 Å². The van der Waals surface area contributed by atoms with Gasteiger partial charge in [0.25, 0.3) is 15.0 Å². The van der Waals surface area contributed by atoms with Crippen molar-refractivity contribution in [1.82, 2.24) is 5.32 Å². The molecule has 0 spiro atoms. The van der Waals surface area contributed by atoms with Crippen LogP contribution in [-0.4, -0.2) is 20.9 Å². The molecule has 6 heteroatoms. The monoisotopic (exact) mass is 303 g/mol. The Kier molecular flexibility index (Phi) is 5.82. The second-order valence-corrected chi connectivity index (χ2v) is 7.00. The van der Waals surface area contributed by atoms with Gasteiger partial charge >= 0.3 is 0 Å². The molecule has 0 saturated heterocycles. The van der Waals surface area contributed by atoms with Crippen molar-refractivity contribution in [2.75, 3.05) is 6.54 Å². The molecular weight excluding hydrogens is 286 g/mol. The zero-order valence-corrected chi connectivity index (χ0v) is 12.6. The molecule has 0 aliphatic heterocycles. The molecule has 0 radical (unpaired) electrons. The first kappa shape index (κ1) is 16.0. The maximum atomic E-state index is 11.9. The van der Waals surface area contributed by atoms with Gasteiger partial charge in [-0.3, -0.25) is 4.79 Å². The fraction of sp³-hybridized carbons (Fsp3) is 0.462. The molecular formula is C13H18ClNO3S. The van der Waals surface area contributed by atoms with Crippen molar-refractivity contribution >= 4 is 25.6 Å². The van der Waals surface area contributed by atoms with Crippen molar-refractivity contribution in [3.63, 3.8) is 0 Å². The van der Waals surface area contributed by atoms with E-state index < -0.39 is 9.05 Å². The molecule has 0 unspecified atom stereocenters. The molecule has 0 bridgehead atoms. The number of nitrogens with one attached hydrogen (secondary N) is 1. The summed E-state index contributed by atoms with van der Waals surface area (Å²) in [7, 11) is 1.48. The van der Waals surface area contributed by atoms with E-state index in [1.165, 1.54) is 12.1 Å². The number of carbonyl (C=O) groups excluding carboxylic acids is 1. The van der Waals surface area contributed by atoms with Gasteiger partial charge in [-0.2, -0.15) is 0 Å². The van der Waals surface area contributed by atoms with Crippen LogP contribution in [0, 0.1) is 6.92 Å². The lowest BCUT2D eigenvalue weighted by Gasteiger charge is -2.07. The van der Waals surface area contributed by atoms with Gasteiger partial charge < -0.3 is 5.32 Å². The second-order valence-electron chi connectivity index (χ2n) is 4.44. The highest BCUT2D eigenvalue weighted by Gasteiger charge is 2.14. The van der Waals surface area contributed by atoms with E-state index >= 15 is 0 Å². The molecule has 1 aromatic carbocycles. The highest BCUT2D eigenvalue weighted by molar-refractivity contribution is 8.13. The summed E-state index contributed by atoms with van der Waals surface area (Å²) >= 11 is 0. The van der Waals surface area contributed by atoms with E-state index in [2.05, 4.69) is 12.2 Å². The van der Waals surface area contributed by atoms with Crippen LogP contribution in [0.2, 0.25) is 0 Å².